The SMILES string of the molecule is CC1(C)OB(C(F)=CCCc2ccon2)OC1(C)C. The molecule has 1 aliphatic heterocycles. The van der Waals surface area contributed by atoms with Crippen molar-refractivity contribution in [1.29, 1.82) is 0 Å². The van der Waals surface area contributed by atoms with Gasteiger partial charge in [-0.1, -0.05) is 11.2 Å². The van der Waals surface area contributed by atoms with Crippen molar-refractivity contribution in [3.05, 3.63) is 29.8 Å². The van der Waals surface area contributed by atoms with Crippen molar-refractivity contribution in [2.24, 2.45) is 0 Å². The topological polar surface area (TPSA) is 44.5 Å². The van der Waals surface area contributed by atoms with Gasteiger partial charge in [0.2, 0.25) is 0 Å². The molecule has 19 heavy (non-hydrogen) atoms. The third-order valence-corrected chi connectivity index (χ3v) is 3.71. The van der Waals surface area contributed by atoms with Crippen LogP contribution in [0.2, 0.25) is 0 Å². The highest BCUT2D eigenvalue weighted by atomic mass is 19.1. The molecule has 0 N–H and O–H groups in total. The summed E-state index contributed by atoms with van der Waals surface area (Å²) >= 11 is 0. The predicted octanol–water partition coefficient (Wildman–Crippen LogP) is 3.09. The highest BCUT2D eigenvalue weighted by molar-refractivity contribution is 6.53. The van der Waals surface area contributed by atoms with Gasteiger partial charge in [-0.15, -0.1) is 0 Å². The van der Waals surface area contributed by atoms with Crippen molar-refractivity contribution in [3.8, 4) is 0 Å². The molecule has 1 saturated heterocycles. The van der Waals surface area contributed by atoms with Crippen molar-refractivity contribution in [1.82, 2.24) is 5.16 Å². The second-order valence-electron chi connectivity index (χ2n) is 5.71. The summed E-state index contributed by atoms with van der Waals surface area (Å²) in [5, 5.41) is 3.77. The smallest absolute Gasteiger partial charge is 0.398 e. The third-order valence-electron chi connectivity index (χ3n) is 3.71. The van der Waals surface area contributed by atoms with Crippen LogP contribution in [-0.4, -0.2) is 23.5 Å². The van der Waals surface area contributed by atoms with Gasteiger partial charge in [0.1, 0.15) is 12.0 Å². The Bertz CT molecular complexity index is 440. The first kappa shape index (κ1) is 14.3. The van der Waals surface area contributed by atoms with E-state index >= 15 is 0 Å². The fourth-order valence-corrected chi connectivity index (χ4v) is 1.78. The largest absolute Gasteiger partial charge is 0.524 e. The molecule has 0 aromatic carbocycles. The molecule has 2 rings (SSSR count). The van der Waals surface area contributed by atoms with Crippen LogP contribution in [0.1, 0.15) is 39.8 Å². The van der Waals surface area contributed by atoms with E-state index in [1.165, 1.54) is 12.3 Å². The lowest BCUT2D eigenvalue weighted by Gasteiger charge is -2.32. The van der Waals surface area contributed by atoms with E-state index in [0.717, 1.165) is 5.69 Å². The van der Waals surface area contributed by atoms with Gasteiger partial charge in [0.15, 0.2) is 0 Å². The van der Waals surface area contributed by atoms with Crippen molar-refractivity contribution in [2.45, 2.75) is 51.7 Å². The van der Waals surface area contributed by atoms with E-state index in [1.54, 1.807) is 6.07 Å². The van der Waals surface area contributed by atoms with Gasteiger partial charge in [0.25, 0.3) is 0 Å². The second-order valence-corrected chi connectivity index (χ2v) is 5.71. The summed E-state index contributed by atoms with van der Waals surface area (Å²) in [6, 6.07) is 1.76. The summed E-state index contributed by atoms with van der Waals surface area (Å²) in [6.07, 6.45) is 4.15. The lowest BCUT2D eigenvalue weighted by Crippen LogP contribution is -2.41. The monoisotopic (exact) mass is 267 g/mol. The first-order chi connectivity index (χ1) is 8.82. The van der Waals surface area contributed by atoms with E-state index < -0.39 is 18.3 Å². The Kier molecular flexibility index (Phi) is 3.83. The minimum Gasteiger partial charge on any atom is -0.398 e. The summed E-state index contributed by atoms with van der Waals surface area (Å²) in [4.78, 5) is 0. The molecule has 1 fully saturated rings. The number of rotatable bonds is 4. The Labute approximate surface area is 113 Å². The van der Waals surface area contributed by atoms with Crippen LogP contribution in [0.5, 0.6) is 0 Å². The normalized spacial score (nSPS) is 21.9. The number of halogens is 1. The molecular weight excluding hydrogens is 248 g/mol. The molecule has 0 spiro atoms. The summed E-state index contributed by atoms with van der Waals surface area (Å²) in [6.45, 7) is 7.59. The average Bonchev–Trinajstić information content (AvgIpc) is 2.86. The number of aromatic nitrogens is 1. The van der Waals surface area contributed by atoms with Crippen LogP contribution < -0.4 is 0 Å². The van der Waals surface area contributed by atoms with Crippen LogP contribution in [0.15, 0.2) is 28.7 Å². The fraction of sp³-hybridized carbons (Fsp3) is 0.615. The standard InChI is InChI=1S/C13H19BFNO3/c1-12(2)13(3,4)19-14(18-12)11(15)7-5-6-10-8-9-17-16-10/h7-9H,5-6H2,1-4H3. The maximum absolute atomic E-state index is 14.0. The van der Waals surface area contributed by atoms with Crippen molar-refractivity contribution in [3.63, 3.8) is 0 Å². The minimum absolute atomic E-state index is 0.387. The number of allylic oxidation sites excluding steroid dienone is 1. The molecular formula is C13H19BFNO3. The molecule has 0 saturated carbocycles. The third kappa shape index (κ3) is 3.07. The lowest BCUT2D eigenvalue weighted by molar-refractivity contribution is 0.00578. The Hall–Kier alpha value is -1.14. The highest BCUT2D eigenvalue weighted by Gasteiger charge is 2.52. The van der Waals surface area contributed by atoms with Gasteiger partial charge < -0.3 is 13.8 Å². The van der Waals surface area contributed by atoms with E-state index in [4.69, 9.17) is 13.8 Å². The van der Waals surface area contributed by atoms with Gasteiger partial charge in [-0.25, -0.2) is 4.39 Å². The highest BCUT2D eigenvalue weighted by Crippen LogP contribution is 2.38. The van der Waals surface area contributed by atoms with Crippen LogP contribution in [0.3, 0.4) is 0 Å². The van der Waals surface area contributed by atoms with Gasteiger partial charge in [-0.05, 0) is 40.5 Å². The molecule has 1 aromatic rings. The van der Waals surface area contributed by atoms with E-state index in [2.05, 4.69) is 5.16 Å². The summed E-state index contributed by atoms with van der Waals surface area (Å²) in [5.41, 5.74) is -0.621. The molecule has 0 atom stereocenters. The van der Waals surface area contributed by atoms with E-state index in [0.29, 0.717) is 12.8 Å². The zero-order chi connectivity index (χ0) is 14.1. The number of aryl methyl sites for hydroxylation is 1. The first-order valence-corrected chi connectivity index (χ1v) is 6.42. The Morgan fingerprint density at radius 2 is 1.95 bits per heavy atom. The Morgan fingerprint density at radius 1 is 1.32 bits per heavy atom. The van der Waals surface area contributed by atoms with Crippen molar-refractivity contribution in [2.75, 3.05) is 0 Å². The summed E-state index contributed by atoms with van der Waals surface area (Å²) in [5.74, 6) is 0. The zero-order valence-electron chi connectivity index (χ0n) is 11.8. The van der Waals surface area contributed by atoms with Gasteiger partial charge in [0.05, 0.1) is 16.9 Å². The molecule has 6 heteroatoms. The number of hydrogen-bond acceptors (Lipinski definition) is 4. The molecule has 0 aliphatic carbocycles. The van der Waals surface area contributed by atoms with Gasteiger partial charge in [-0.3, -0.25) is 0 Å². The number of hydrogen-bond donors (Lipinski definition) is 0. The molecule has 1 aromatic heterocycles. The maximum atomic E-state index is 14.0. The Balaban J connectivity index is 1.92. The quantitative estimate of drug-likeness (QED) is 0.786. The van der Waals surface area contributed by atoms with Crippen molar-refractivity contribution < 1.29 is 18.2 Å². The maximum Gasteiger partial charge on any atom is 0.524 e. The first-order valence-electron chi connectivity index (χ1n) is 6.42. The van der Waals surface area contributed by atoms with Crippen LogP contribution in [0.25, 0.3) is 0 Å². The number of nitrogens with zero attached hydrogens (tertiary/aromatic N) is 1. The molecule has 104 valence electrons. The molecule has 0 unspecified atom stereocenters. The van der Waals surface area contributed by atoms with Crippen LogP contribution in [-0.2, 0) is 15.7 Å². The lowest BCUT2D eigenvalue weighted by atomic mass is 9.87. The van der Waals surface area contributed by atoms with E-state index in [-0.39, 0.29) is 5.73 Å². The van der Waals surface area contributed by atoms with Crippen LogP contribution in [0.4, 0.5) is 4.39 Å². The average molecular weight is 267 g/mol. The van der Waals surface area contributed by atoms with E-state index in [1.807, 2.05) is 27.7 Å². The molecule has 1 aliphatic rings. The fourth-order valence-electron chi connectivity index (χ4n) is 1.78. The molecule has 4 nitrogen and oxygen atoms in total. The van der Waals surface area contributed by atoms with Crippen molar-refractivity contribution >= 4 is 7.12 Å². The van der Waals surface area contributed by atoms with Crippen LogP contribution >= 0.6 is 0 Å². The molecule has 0 amide bonds. The molecule has 0 radical (unpaired) electrons. The molecule has 0 bridgehead atoms. The van der Waals surface area contributed by atoms with Gasteiger partial charge in [0, 0.05) is 6.07 Å². The summed E-state index contributed by atoms with van der Waals surface area (Å²) < 4.78 is 29.9. The zero-order valence-corrected chi connectivity index (χ0v) is 11.8. The Morgan fingerprint density at radius 3 is 2.47 bits per heavy atom. The minimum atomic E-state index is -0.915. The van der Waals surface area contributed by atoms with E-state index in [9.17, 15) is 4.39 Å². The van der Waals surface area contributed by atoms with Crippen LogP contribution in [0, 0.1) is 0 Å². The van der Waals surface area contributed by atoms with Gasteiger partial charge >= 0.3 is 7.12 Å². The van der Waals surface area contributed by atoms with Gasteiger partial charge in [-0.2, -0.15) is 0 Å². The second kappa shape index (κ2) is 5.09. The summed E-state index contributed by atoms with van der Waals surface area (Å²) in [7, 11) is -0.915. The predicted molar refractivity (Wildman–Crippen MR) is 70.1 cm³/mol. The molecule has 2 heterocycles.